The summed E-state index contributed by atoms with van der Waals surface area (Å²) >= 11 is 0. The van der Waals surface area contributed by atoms with Crippen LogP contribution < -0.4 is 4.74 Å². The minimum absolute atomic E-state index is 0.352. The van der Waals surface area contributed by atoms with Gasteiger partial charge < -0.3 is 9.72 Å². The standard InChI is InChI=1S/C31H25N5O/c1-4-10-23(11-5-1)20-36-21-27(34-35-36)22-37-28-18-16-26(17-19-28)31-32-29(24-12-6-2-7-13-24)30(33-31)25-14-8-3-9-15-25/h1-19,21H,20,22H2,(H,32,33). The summed E-state index contributed by atoms with van der Waals surface area (Å²) in [6.07, 6.45) is 1.92. The largest absolute Gasteiger partial charge is 0.487 e. The van der Waals surface area contributed by atoms with Crippen molar-refractivity contribution >= 4 is 0 Å². The molecule has 37 heavy (non-hydrogen) atoms. The van der Waals surface area contributed by atoms with Crippen molar-refractivity contribution in [3.63, 3.8) is 0 Å². The van der Waals surface area contributed by atoms with E-state index in [0.29, 0.717) is 13.2 Å². The van der Waals surface area contributed by atoms with E-state index in [1.807, 2.05) is 89.7 Å². The van der Waals surface area contributed by atoms with Crippen molar-refractivity contribution in [2.75, 3.05) is 0 Å². The Labute approximate surface area is 215 Å². The molecule has 0 bridgehead atoms. The van der Waals surface area contributed by atoms with Crippen LogP contribution in [0.4, 0.5) is 0 Å². The van der Waals surface area contributed by atoms with E-state index in [0.717, 1.165) is 45.3 Å². The fourth-order valence-electron chi connectivity index (χ4n) is 4.25. The Morgan fingerprint density at radius 2 is 1.32 bits per heavy atom. The van der Waals surface area contributed by atoms with Gasteiger partial charge in [0.2, 0.25) is 0 Å². The number of rotatable bonds is 8. The third-order valence-electron chi connectivity index (χ3n) is 6.10. The van der Waals surface area contributed by atoms with Crippen LogP contribution in [-0.2, 0) is 13.2 Å². The molecule has 4 aromatic carbocycles. The Morgan fingerprint density at radius 3 is 2.03 bits per heavy atom. The topological polar surface area (TPSA) is 68.6 Å². The lowest BCUT2D eigenvalue weighted by molar-refractivity contribution is 0.301. The van der Waals surface area contributed by atoms with Crippen LogP contribution in [0.15, 0.2) is 121 Å². The van der Waals surface area contributed by atoms with Crippen molar-refractivity contribution in [2.45, 2.75) is 13.2 Å². The van der Waals surface area contributed by atoms with Crippen LogP contribution >= 0.6 is 0 Å². The smallest absolute Gasteiger partial charge is 0.138 e. The third kappa shape index (κ3) is 5.18. The van der Waals surface area contributed by atoms with Gasteiger partial charge in [0.1, 0.15) is 23.9 Å². The molecule has 0 radical (unpaired) electrons. The molecule has 0 saturated carbocycles. The lowest BCUT2D eigenvalue weighted by Gasteiger charge is -2.05. The number of nitrogens with zero attached hydrogens (tertiary/aromatic N) is 4. The molecule has 0 spiro atoms. The summed E-state index contributed by atoms with van der Waals surface area (Å²) < 4.78 is 7.79. The summed E-state index contributed by atoms with van der Waals surface area (Å²) in [5.74, 6) is 1.58. The zero-order chi connectivity index (χ0) is 24.9. The second-order valence-electron chi connectivity index (χ2n) is 8.75. The SMILES string of the molecule is c1ccc(Cn2cc(COc3ccc(-c4nc(-c5ccccc5)c(-c5ccccc5)[nH]4)cc3)nn2)cc1. The first-order valence-corrected chi connectivity index (χ1v) is 12.2. The molecule has 2 aromatic heterocycles. The summed E-state index contributed by atoms with van der Waals surface area (Å²) in [7, 11) is 0. The van der Waals surface area contributed by atoms with Crippen molar-refractivity contribution < 1.29 is 4.74 Å². The van der Waals surface area contributed by atoms with E-state index < -0.39 is 0 Å². The fourth-order valence-corrected chi connectivity index (χ4v) is 4.25. The molecule has 0 amide bonds. The van der Waals surface area contributed by atoms with Gasteiger partial charge in [0, 0.05) is 16.7 Å². The molecule has 0 fully saturated rings. The van der Waals surface area contributed by atoms with Gasteiger partial charge in [0.15, 0.2) is 0 Å². The van der Waals surface area contributed by atoms with Crippen molar-refractivity contribution in [3.8, 4) is 39.7 Å². The molecule has 180 valence electrons. The van der Waals surface area contributed by atoms with Crippen LogP contribution in [0.5, 0.6) is 5.75 Å². The lowest BCUT2D eigenvalue weighted by atomic mass is 10.1. The number of hydrogen-bond donors (Lipinski definition) is 1. The summed E-state index contributed by atoms with van der Waals surface area (Å²) in [4.78, 5) is 8.51. The highest BCUT2D eigenvalue weighted by atomic mass is 16.5. The number of nitrogens with one attached hydrogen (secondary N) is 1. The molecule has 0 saturated heterocycles. The number of hydrogen-bond acceptors (Lipinski definition) is 4. The molecule has 6 rings (SSSR count). The number of ether oxygens (including phenoxy) is 1. The number of H-pyrrole nitrogens is 1. The maximum Gasteiger partial charge on any atom is 0.138 e. The average Bonchev–Trinajstić information content (AvgIpc) is 3.61. The molecule has 2 heterocycles. The predicted octanol–water partition coefficient (Wildman–Crippen LogP) is 6.63. The van der Waals surface area contributed by atoms with Gasteiger partial charge in [-0.05, 0) is 29.8 Å². The Morgan fingerprint density at radius 1 is 0.676 bits per heavy atom. The minimum Gasteiger partial charge on any atom is -0.487 e. The zero-order valence-electron chi connectivity index (χ0n) is 20.2. The number of benzene rings is 4. The van der Waals surface area contributed by atoms with E-state index in [4.69, 9.17) is 9.72 Å². The Balaban J connectivity index is 1.18. The quantitative estimate of drug-likeness (QED) is 0.264. The van der Waals surface area contributed by atoms with Crippen LogP contribution in [0, 0.1) is 0 Å². The summed E-state index contributed by atoms with van der Waals surface area (Å²) in [5, 5.41) is 8.45. The zero-order valence-corrected chi connectivity index (χ0v) is 20.2. The molecule has 0 aliphatic heterocycles. The molecule has 6 heteroatoms. The van der Waals surface area contributed by atoms with E-state index >= 15 is 0 Å². The Kier molecular flexibility index (Phi) is 6.28. The van der Waals surface area contributed by atoms with Crippen molar-refractivity contribution in [3.05, 3.63) is 133 Å². The van der Waals surface area contributed by atoms with Crippen LogP contribution in [0.3, 0.4) is 0 Å². The van der Waals surface area contributed by atoms with Gasteiger partial charge in [-0.3, -0.25) is 0 Å². The lowest BCUT2D eigenvalue weighted by Crippen LogP contribution is -2.00. The first-order valence-electron chi connectivity index (χ1n) is 12.2. The Hall–Kier alpha value is -4.97. The van der Waals surface area contributed by atoms with E-state index in [2.05, 4.69) is 51.7 Å². The average molecular weight is 484 g/mol. The van der Waals surface area contributed by atoms with Gasteiger partial charge in [-0.25, -0.2) is 9.67 Å². The monoisotopic (exact) mass is 483 g/mol. The second-order valence-corrected chi connectivity index (χ2v) is 8.75. The molecular weight excluding hydrogens is 458 g/mol. The van der Waals surface area contributed by atoms with Gasteiger partial charge >= 0.3 is 0 Å². The van der Waals surface area contributed by atoms with E-state index in [9.17, 15) is 0 Å². The number of imidazole rings is 1. The third-order valence-corrected chi connectivity index (χ3v) is 6.10. The van der Waals surface area contributed by atoms with Crippen LogP contribution in [-0.4, -0.2) is 25.0 Å². The number of aromatic amines is 1. The highest BCUT2D eigenvalue weighted by Crippen LogP contribution is 2.33. The van der Waals surface area contributed by atoms with Gasteiger partial charge in [0.05, 0.1) is 24.1 Å². The molecule has 6 nitrogen and oxygen atoms in total. The molecular formula is C31H25N5O. The van der Waals surface area contributed by atoms with Gasteiger partial charge in [-0.15, -0.1) is 5.10 Å². The minimum atomic E-state index is 0.352. The molecule has 0 aliphatic carbocycles. The molecule has 0 unspecified atom stereocenters. The first kappa shape index (κ1) is 22.5. The highest BCUT2D eigenvalue weighted by Gasteiger charge is 2.15. The van der Waals surface area contributed by atoms with E-state index in [1.165, 1.54) is 5.56 Å². The first-order chi connectivity index (χ1) is 18.3. The van der Waals surface area contributed by atoms with Crippen LogP contribution in [0.25, 0.3) is 33.9 Å². The van der Waals surface area contributed by atoms with Crippen LogP contribution in [0.1, 0.15) is 11.3 Å². The van der Waals surface area contributed by atoms with Crippen molar-refractivity contribution in [1.29, 1.82) is 0 Å². The van der Waals surface area contributed by atoms with Crippen molar-refractivity contribution in [2.24, 2.45) is 0 Å². The normalized spacial score (nSPS) is 10.9. The van der Waals surface area contributed by atoms with Gasteiger partial charge in [0.25, 0.3) is 0 Å². The maximum absolute atomic E-state index is 5.97. The predicted molar refractivity (Wildman–Crippen MR) is 145 cm³/mol. The molecule has 0 atom stereocenters. The summed E-state index contributed by atoms with van der Waals surface area (Å²) in [6, 6.07) is 38.7. The fraction of sp³-hybridized carbons (Fsp3) is 0.0645. The summed E-state index contributed by atoms with van der Waals surface area (Å²) in [5.41, 5.74) is 7.05. The van der Waals surface area contributed by atoms with Crippen LogP contribution in [0.2, 0.25) is 0 Å². The second kappa shape index (κ2) is 10.3. The Bertz CT molecular complexity index is 1520. The molecule has 1 N–H and O–H groups in total. The molecule has 0 aliphatic rings. The highest BCUT2D eigenvalue weighted by molar-refractivity contribution is 5.81. The van der Waals surface area contributed by atoms with E-state index in [1.54, 1.807) is 0 Å². The van der Waals surface area contributed by atoms with Crippen molar-refractivity contribution in [1.82, 2.24) is 25.0 Å². The summed E-state index contributed by atoms with van der Waals surface area (Å²) in [6.45, 7) is 1.03. The maximum atomic E-state index is 5.97. The van der Waals surface area contributed by atoms with E-state index in [-0.39, 0.29) is 0 Å². The molecule has 6 aromatic rings. The number of aromatic nitrogens is 5. The van der Waals surface area contributed by atoms with Gasteiger partial charge in [-0.1, -0.05) is 96.2 Å². The van der Waals surface area contributed by atoms with Gasteiger partial charge in [-0.2, -0.15) is 0 Å².